The van der Waals surface area contributed by atoms with Crippen molar-refractivity contribution in [1.82, 2.24) is 5.32 Å². The zero-order valence-corrected chi connectivity index (χ0v) is 8.56. The Balaban J connectivity index is 2.28. The van der Waals surface area contributed by atoms with E-state index >= 15 is 0 Å². The first-order valence-corrected chi connectivity index (χ1v) is 5.14. The van der Waals surface area contributed by atoms with Crippen molar-refractivity contribution in [2.24, 2.45) is 0 Å². The molecular formula is C11H14ClN. The lowest BCUT2D eigenvalue weighted by Crippen LogP contribution is -2.12. The quantitative estimate of drug-likeness (QED) is 0.727. The van der Waals surface area contributed by atoms with Crippen LogP contribution < -0.4 is 5.32 Å². The SMILES string of the molecule is Cc1cc(Cl)cc([C@H]2CCCN2)c1. The standard InChI is InChI=1S/C11H14ClN/c1-8-5-9(7-10(12)6-8)11-3-2-4-13-11/h5-7,11,13H,2-4H2,1H3/t11-/m1/s1. The minimum atomic E-state index is 0.525. The lowest BCUT2D eigenvalue weighted by Gasteiger charge is -2.11. The number of nitrogens with one attached hydrogen (secondary N) is 1. The molecule has 1 aliphatic heterocycles. The highest BCUT2D eigenvalue weighted by Crippen LogP contribution is 2.26. The maximum Gasteiger partial charge on any atom is 0.0411 e. The summed E-state index contributed by atoms with van der Waals surface area (Å²) in [6, 6.07) is 6.81. The summed E-state index contributed by atoms with van der Waals surface area (Å²) in [7, 11) is 0. The van der Waals surface area contributed by atoms with Gasteiger partial charge in [-0.2, -0.15) is 0 Å². The van der Waals surface area contributed by atoms with Crippen molar-refractivity contribution in [1.29, 1.82) is 0 Å². The van der Waals surface area contributed by atoms with Crippen LogP contribution in [0.2, 0.25) is 5.02 Å². The van der Waals surface area contributed by atoms with Crippen LogP contribution in [0.4, 0.5) is 0 Å². The second-order valence-corrected chi connectivity index (χ2v) is 4.15. The van der Waals surface area contributed by atoms with Crippen molar-refractivity contribution in [2.75, 3.05) is 6.54 Å². The first kappa shape index (κ1) is 9.04. The van der Waals surface area contributed by atoms with Crippen LogP contribution >= 0.6 is 11.6 Å². The lowest BCUT2D eigenvalue weighted by molar-refractivity contribution is 0.647. The van der Waals surface area contributed by atoms with Crippen molar-refractivity contribution in [3.8, 4) is 0 Å². The summed E-state index contributed by atoms with van der Waals surface area (Å²) in [5, 5.41) is 4.32. The van der Waals surface area contributed by atoms with E-state index in [0.717, 1.165) is 11.6 Å². The highest BCUT2D eigenvalue weighted by atomic mass is 35.5. The topological polar surface area (TPSA) is 12.0 Å². The van der Waals surface area contributed by atoms with Crippen LogP contribution in [0.15, 0.2) is 18.2 Å². The molecular weight excluding hydrogens is 182 g/mol. The maximum absolute atomic E-state index is 6.00. The van der Waals surface area contributed by atoms with Gasteiger partial charge in [0.05, 0.1) is 0 Å². The molecule has 1 saturated heterocycles. The zero-order valence-electron chi connectivity index (χ0n) is 7.81. The van der Waals surface area contributed by atoms with Crippen molar-refractivity contribution >= 4 is 11.6 Å². The molecule has 0 bridgehead atoms. The number of halogens is 1. The molecule has 13 heavy (non-hydrogen) atoms. The molecule has 0 saturated carbocycles. The van der Waals surface area contributed by atoms with E-state index in [-0.39, 0.29) is 0 Å². The van der Waals surface area contributed by atoms with Gasteiger partial charge in [-0.3, -0.25) is 0 Å². The van der Waals surface area contributed by atoms with Gasteiger partial charge in [0.1, 0.15) is 0 Å². The molecule has 1 aliphatic rings. The van der Waals surface area contributed by atoms with E-state index in [1.165, 1.54) is 24.0 Å². The Hall–Kier alpha value is -0.530. The number of benzene rings is 1. The van der Waals surface area contributed by atoms with Gasteiger partial charge in [0, 0.05) is 11.1 Å². The highest BCUT2D eigenvalue weighted by Gasteiger charge is 2.16. The van der Waals surface area contributed by atoms with Gasteiger partial charge in [0.15, 0.2) is 0 Å². The van der Waals surface area contributed by atoms with Crippen LogP contribution in [0.5, 0.6) is 0 Å². The van der Waals surface area contributed by atoms with Crippen molar-refractivity contribution in [3.63, 3.8) is 0 Å². The van der Waals surface area contributed by atoms with Gasteiger partial charge >= 0.3 is 0 Å². The van der Waals surface area contributed by atoms with Crippen LogP contribution in [-0.2, 0) is 0 Å². The fraction of sp³-hybridized carbons (Fsp3) is 0.455. The summed E-state index contributed by atoms with van der Waals surface area (Å²) in [6.45, 7) is 3.22. The third-order valence-electron chi connectivity index (χ3n) is 2.53. The molecule has 2 heteroatoms. The number of hydrogen-bond donors (Lipinski definition) is 1. The Bertz CT molecular complexity index is 283. The van der Waals surface area contributed by atoms with Gasteiger partial charge in [-0.05, 0) is 49.6 Å². The lowest BCUT2D eigenvalue weighted by atomic mass is 10.0. The first-order chi connectivity index (χ1) is 6.25. The third-order valence-corrected chi connectivity index (χ3v) is 2.75. The maximum atomic E-state index is 6.00. The van der Waals surface area contributed by atoms with Gasteiger partial charge < -0.3 is 5.32 Å². The van der Waals surface area contributed by atoms with Crippen molar-refractivity contribution < 1.29 is 0 Å². The molecule has 1 nitrogen and oxygen atoms in total. The predicted molar refractivity (Wildman–Crippen MR) is 56.2 cm³/mol. The van der Waals surface area contributed by atoms with Crippen molar-refractivity contribution in [3.05, 3.63) is 34.3 Å². The van der Waals surface area contributed by atoms with Gasteiger partial charge in [-0.1, -0.05) is 17.7 Å². The molecule has 0 radical (unpaired) electrons. The van der Waals surface area contributed by atoms with Crippen LogP contribution in [-0.4, -0.2) is 6.54 Å². The molecule has 70 valence electrons. The molecule has 0 unspecified atom stereocenters. The summed E-state index contributed by atoms with van der Waals surface area (Å²) < 4.78 is 0. The van der Waals surface area contributed by atoms with Gasteiger partial charge in [0.2, 0.25) is 0 Å². The molecule has 0 spiro atoms. The van der Waals surface area contributed by atoms with Crippen LogP contribution in [0.25, 0.3) is 0 Å². The highest BCUT2D eigenvalue weighted by molar-refractivity contribution is 6.30. The van der Waals surface area contributed by atoms with E-state index in [1.807, 2.05) is 6.07 Å². The Morgan fingerprint density at radius 1 is 1.38 bits per heavy atom. The van der Waals surface area contributed by atoms with Crippen molar-refractivity contribution in [2.45, 2.75) is 25.8 Å². The second-order valence-electron chi connectivity index (χ2n) is 3.71. The molecule has 1 fully saturated rings. The predicted octanol–water partition coefficient (Wildman–Crippen LogP) is 3.07. The zero-order chi connectivity index (χ0) is 9.26. The van der Waals surface area contributed by atoms with Crippen LogP contribution in [0.3, 0.4) is 0 Å². The molecule has 0 aliphatic carbocycles. The van der Waals surface area contributed by atoms with E-state index in [2.05, 4.69) is 24.4 Å². The Kier molecular flexibility index (Phi) is 2.56. The minimum Gasteiger partial charge on any atom is -0.310 e. The second kappa shape index (κ2) is 3.69. The average Bonchev–Trinajstić information content (AvgIpc) is 2.53. The Morgan fingerprint density at radius 3 is 2.85 bits per heavy atom. The molecule has 1 aromatic carbocycles. The minimum absolute atomic E-state index is 0.525. The molecule has 1 aromatic rings. The van der Waals surface area contributed by atoms with Crippen LogP contribution in [0, 0.1) is 6.92 Å². The summed E-state index contributed by atoms with van der Waals surface area (Å²) in [4.78, 5) is 0. The number of rotatable bonds is 1. The number of hydrogen-bond acceptors (Lipinski definition) is 1. The molecule has 0 amide bonds. The summed E-state index contributed by atoms with van der Waals surface area (Å²) >= 11 is 6.00. The largest absolute Gasteiger partial charge is 0.310 e. The monoisotopic (exact) mass is 195 g/mol. The smallest absolute Gasteiger partial charge is 0.0411 e. The molecule has 0 aromatic heterocycles. The summed E-state index contributed by atoms with van der Waals surface area (Å²) in [6.07, 6.45) is 2.51. The summed E-state index contributed by atoms with van der Waals surface area (Å²) in [5.74, 6) is 0. The molecule has 1 atom stereocenters. The third kappa shape index (κ3) is 2.04. The van der Waals surface area contributed by atoms with E-state index in [9.17, 15) is 0 Å². The van der Waals surface area contributed by atoms with Gasteiger partial charge in [0.25, 0.3) is 0 Å². The van der Waals surface area contributed by atoms with Gasteiger partial charge in [-0.15, -0.1) is 0 Å². The summed E-state index contributed by atoms with van der Waals surface area (Å²) in [5.41, 5.74) is 2.58. The molecule has 1 N–H and O–H groups in total. The fourth-order valence-electron chi connectivity index (χ4n) is 1.93. The van der Waals surface area contributed by atoms with E-state index in [0.29, 0.717) is 6.04 Å². The Labute approximate surface area is 84.1 Å². The number of aryl methyl sites for hydroxylation is 1. The van der Waals surface area contributed by atoms with Crippen LogP contribution in [0.1, 0.15) is 30.0 Å². The van der Waals surface area contributed by atoms with E-state index in [1.54, 1.807) is 0 Å². The molecule has 2 rings (SSSR count). The first-order valence-electron chi connectivity index (χ1n) is 4.76. The normalized spacial score (nSPS) is 22.2. The fourth-order valence-corrected chi connectivity index (χ4v) is 2.23. The van der Waals surface area contributed by atoms with Gasteiger partial charge in [-0.25, -0.2) is 0 Å². The van der Waals surface area contributed by atoms with E-state index < -0.39 is 0 Å². The van der Waals surface area contributed by atoms with E-state index in [4.69, 9.17) is 11.6 Å². The molecule has 1 heterocycles. The average molecular weight is 196 g/mol. The Morgan fingerprint density at radius 2 is 2.23 bits per heavy atom.